The monoisotopic (exact) mass is 418 g/mol. The fraction of sp³-hybridized carbons (Fsp3) is 0. The molecule has 0 atom stereocenters. The average molecular weight is 418 g/mol. The molecule has 10 heteroatoms. The van der Waals surface area contributed by atoms with Crippen LogP contribution in [0.2, 0.25) is 0 Å². The number of primary sulfonamides is 1. The van der Waals surface area contributed by atoms with Crippen LogP contribution in [-0.2, 0) is 10.0 Å². The second kappa shape index (κ2) is 6.59. The summed E-state index contributed by atoms with van der Waals surface area (Å²) in [5.41, 5.74) is 5.99. The molecular formula is C18H12F2N4O2S2. The predicted octanol–water partition coefficient (Wildman–Crippen LogP) is 3.53. The minimum atomic E-state index is -4.05. The van der Waals surface area contributed by atoms with Gasteiger partial charge in [-0.05, 0) is 41.3 Å². The second-order valence-corrected chi connectivity index (χ2v) is 8.39. The van der Waals surface area contributed by atoms with Crippen molar-refractivity contribution in [3.8, 4) is 21.6 Å². The molecule has 0 saturated heterocycles. The maximum atomic E-state index is 15.3. The number of fused-ring (bicyclic) bond motifs is 1. The number of hydrogen-bond acceptors (Lipinski definition) is 6. The Balaban J connectivity index is 1.94. The molecule has 0 aliphatic heterocycles. The first-order chi connectivity index (χ1) is 13.3. The highest BCUT2D eigenvalue weighted by molar-refractivity contribution is 7.89. The van der Waals surface area contributed by atoms with Gasteiger partial charge in [-0.15, -0.1) is 11.3 Å². The fourth-order valence-corrected chi connectivity index (χ4v) is 4.93. The summed E-state index contributed by atoms with van der Waals surface area (Å²) < 4.78 is 53.3. The summed E-state index contributed by atoms with van der Waals surface area (Å²) in [7, 11) is -4.05. The minimum absolute atomic E-state index is 0.0518. The lowest BCUT2D eigenvalue weighted by Crippen LogP contribution is -2.12. The van der Waals surface area contributed by atoms with Crippen LogP contribution >= 0.6 is 11.3 Å². The van der Waals surface area contributed by atoms with E-state index >= 15 is 4.39 Å². The zero-order valence-corrected chi connectivity index (χ0v) is 15.7. The fourth-order valence-electron chi connectivity index (χ4n) is 2.91. The first-order valence-corrected chi connectivity index (χ1v) is 10.3. The van der Waals surface area contributed by atoms with Crippen LogP contribution in [0.3, 0.4) is 0 Å². The van der Waals surface area contributed by atoms with Crippen LogP contribution in [0.25, 0.3) is 32.5 Å². The smallest absolute Gasteiger partial charge is 0.239 e. The van der Waals surface area contributed by atoms with E-state index in [9.17, 15) is 12.8 Å². The van der Waals surface area contributed by atoms with Gasteiger partial charge in [0.15, 0.2) is 0 Å². The molecule has 0 radical (unpaired) electrons. The van der Waals surface area contributed by atoms with E-state index < -0.39 is 21.7 Å². The molecule has 28 heavy (non-hydrogen) atoms. The number of rotatable bonds is 3. The SMILES string of the molecule is Nc1ncc2cc(-c3c(F)ccc(-c4sccc4S(N)(=O)=O)c3F)ccc2n1. The molecule has 0 fully saturated rings. The van der Waals surface area contributed by atoms with Gasteiger partial charge in [-0.2, -0.15) is 0 Å². The number of benzene rings is 2. The Morgan fingerprint density at radius 3 is 2.61 bits per heavy atom. The summed E-state index contributed by atoms with van der Waals surface area (Å²) in [6.45, 7) is 0. The summed E-state index contributed by atoms with van der Waals surface area (Å²) in [5.74, 6) is -1.58. The topological polar surface area (TPSA) is 112 Å². The molecule has 2 heterocycles. The van der Waals surface area contributed by atoms with Gasteiger partial charge in [0, 0.05) is 17.1 Å². The van der Waals surface area contributed by atoms with E-state index in [1.165, 1.54) is 35.8 Å². The Labute approximate surface area is 162 Å². The van der Waals surface area contributed by atoms with E-state index in [1.54, 1.807) is 6.07 Å². The maximum Gasteiger partial charge on any atom is 0.239 e. The molecule has 0 amide bonds. The normalized spacial score (nSPS) is 11.8. The Bertz CT molecular complexity index is 1340. The lowest BCUT2D eigenvalue weighted by molar-refractivity contribution is 0.591. The third-order valence-corrected chi connectivity index (χ3v) is 6.19. The van der Waals surface area contributed by atoms with E-state index in [0.717, 1.165) is 17.4 Å². The van der Waals surface area contributed by atoms with Gasteiger partial charge in [-0.3, -0.25) is 0 Å². The number of sulfonamides is 1. The Kier molecular flexibility index (Phi) is 4.33. The minimum Gasteiger partial charge on any atom is -0.368 e. The van der Waals surface area contributed by atoms with E-state index in [4.69, 9.17) is 10.9 Å². The largest absolute Gasteiger partial charge is 0.368 e. The summed E-state index contributed by atoms with van der Waals surface area (Å²) in [6.07, 6.45) is 1.46. The Morgan fingerprint density at radius 1 is 1.07 bits per heavy atom. The van der Waals surface area contributed by atoms with Gasteiger partial charge in [-0.1, -0.05) is 6.07 Å². The zero-order chi connectivity index (χ0) is 20.1. The molecule has 4 aromatic rings. The van der Waals surface area contributed by atoms with Crippen molar-refractivity contribution < 1.29 is 17.2 Å². The maximum absolute atomic E-state index is 15.3. The molecule has 142 valence electrons. The summed E-state index contributed by atoms with van der Waals surface area (Å²) in [4.78, 5) is 7.83. The zero-order valence-electron chi connectivity index (χ0n) is 14.1. The number of nitrogens with zero attached hydrogens (tertiary/aromatic N) is 2. The van der Waals surface area contributed by atoms with Crippen molar-refractivity contribution in [3.63, 3.8) is 0 Å². The molecule has 0 unspecified atom stereocenters. The van der Waals surface area contributed by atoms with Gasteiger partial charge in [0.25, 0.3) is 0 Å². The average Bonchev–Trinajstić information content (AvgIpc) is 3.12. The number of hydrogen-bond donors (Lipinski definition) is 2. The lowest BCUT2D eigenvalue weighted by atomic mass is 9.99. The molecule has 0 aliphatic rings. The first kappa shape index (κ1) is 18.4. The number of nitrogen functional groups attached to an aromatic ring is 1. The van der Waals surface area contributed by atoms with Crippen LogP contribution in [0, 0.1) is 11.6 Å². The molecule has 6 nitrogen and oxygen atoms in total. The highest BCUT2D eigenvalue weighted by Crippen LogP contribution is 2.39. The third-order valence-electron chi connectivity index (χ3n) is 4.16. The van der Waals surface area contributed by atoms with Gasteiger partial charge in [-0.25, -0.2) is 32.3 Å². The van der Waals surface area contributed by atoms with Crippen LogP contribution in [0.15, 0.2) is 52.9 Å². The van der Waals surface area contributed by atoms with Crippen molar-refractivity contribution in [2.45, 2.75) is 4.90 Å². The molecule has 4 rings (SSSR count). The Hall–Kier alpha value is -2.95. The van der Waals surface area contributed by atoms with Crippen LogP contribution < -0.4 is 10.9 Å². The number of aromatic nitrogens is 2. The summed E-state index contributed by atoms with van der Waals surface area (Å²) >= 11 is 1.00. The van der Waals surface area contributed by atoms with Crippen molar-refractivity contribution in [3.05, 3.63) is 59.6 Å². The third kappa shape index (κ3) is 3.11. The number of halogens is 2. The highest BCUT2D eigenvalue weighted by Gasteiger charge is 2.23. The van der Waals surface area contributed by atoms with Crippen molar-refractivity contribution in [2.75, 3.05) is 5.73 Å². The van der Waals surface area contributed by atoms with Gasteiger partial charge < -0.3 is 5.73 Å². The quantitative estimate of drug-likeness (QED) is 0.529. The second-order valence-electron chi connectivity index (χ2n) is 5.94. The van der Waals surface area contributed by atoms with Gasteiger partial charge >= 0.3 is 0 Å². The molecule has 4 N–H and O–H groups in total. The lowest BCUT2D eigenvalue weighted by Gasteiger charge is -2.11. The van der Waals surface area contributed by atoms with E-state index in [0.29, 0.717) is 10.9 Å². The van der Waals surface area contributed by atoms with E-state index in [1.807, 2.05) is 0 Å². The van der Waals surface area contributed by atoms with Gasteiger partial charge in [0.05, 0.1) is 16.0 Å². The predicted molar refractivity (Wildman–Crippen MR) is 104 cm³/mol. The molecule has 2 aromatic carbocycles. The number of nitrogens with two attached hydrogens (primary N) is 2. The van der Waals surface area contributed by atoms with Crippen LogP contribution in [0.4, 0.5) is 14.7 Å². The Morgan fingerprint density at radius 2 is 1.86 bits per heavy atom. The standard InChI is InChI=1S/C18H12F2N4O2S2/c19-12-3-2-11(17-14(5-6-27-17)28(22,25)26)16(20)15(12)9-1-4-13-10(7-9)8-23-18(21)24-13/h1-8H,(H2,21,23,24)(H2,22,25,26). The van der Waals surface area contributed by atoms with Gasteiger partial charge in [0.2, 0.25) is 16.0 Å². The van der Waals surface area contributed by atoms with E-state index in [2.05, 4.69) is 9.97 Å². The van der Waals surface area contributed by atoms with Crippen LogP contribution in [0.1, 0.15) is 0 Å². The molecule has 2 aromatic heterocycles. The van der Waals surface area contributed by atoms with Crippen molar-refractivity contribution in [1.29, 1.82) is 0 Å². The first-order valence-electron chi connectivity index (χ1n) is 7.87. The molecule has 0 saturated carbocycles. The van der Waals surface area contributed by atoms with Crippen molar-refractivity contribution in [1.82, 2.24) is 9.97 Å². The number of thiophene rings is 1. The number of anilines is 1. The highest BCUT2D eigenvalue weighted by atomic mass is 32.2. The summed E-state index contributed by atoms with van der Waals surface area (Å²) in [6, 6.07) is 8.19. The van der Waals surface area contributed by atoms with Crippen LogP contribution in [0.5, 0.6) is 0 Å². The van der Waals surface area contributed by atoms with Crippen molar-refractivity contribution in [2.24, 2.45) is 5.14 Å². The van der Waals surface area contributed by atoms with Crippen molar-refractivity contribution >= 4 is 38.2 Å². The van der Waals surface area contributed by atoms with E-state index in [-0.39, 0.29) is 32.4 Å². The molecule has 0 bridgehead atoms. The summed E-state index contributed by atoms with van der Waals surface area (Å²) in [5, 5.41) is 7.24. The van der Waals surface area contributed by atoms with Gasteiger partial charge in [0.1, 0.15) is 16.5 Å². The molecule has 0 aliphatic carbocycles. The molecule has 0 spiro atoms. The van der Waals surface area contributed by atoms with Crippen LogP contribution in [-0.4, -0.2) is 18.4 Å². The molecular weight excluding hydrogens is 406 g/mol.